The van der Waals surface area contributed by atoms with Gasteiger partial charge in [0.2, 0.25) is 17.7 Å². The summed E-state index contributed by atoms with van der Waals surface area (Å²) < 4.78 is 12.2. The third-order valence-corrected chi connectivity index (χ3v) is 9.01. The zero-order valence-electron chi connectivity index (χ0n) is 25.0. The fourth-order valence-electron chi connectivity index (χ4n) is 6.90. The first kappa shape index (κ1) is 30.9. The Morgan fingerprint density at radius 2 is 1.88 bits per heavy atom. The van der Waals surface area contributed by atoms with Gasteiger partial charge < -0.3 is 29.7 Å². The van der Waals surface area contributed by atoms with Gasteiger partial charge in [0.25, 0.3) is 0 Å². The molecule has 0 aromatic heterocycles. The number of benzene rings is 1. The van der Waals surface area contributed by atoms with Crippen molar-refractivity contribution in [2.75, 3.05) is 26.2 Å². The molecule has 1 spiro atoms. The zero-order valence-corrected chi connectivity index (χ0v) is 25.0. The molecular weight excluding hydrogens is 550 g/mol. The van der Waals surface area contributed by atoms with Gasteiger partial charge in [0, 0.05) is 19.5 Å². The van der Waals surface area contributed by atoms with E-state index in [1.54, 1.807) is 24.0 Å². The largest absolute Gasteiger partial charge is 0.460 e. The number of hydrogen-bond donors (Lipinski definition) is 2. The van der Waals surface area contributed by atoms with Gasteiger partial charge in [0.05, 0.1) is 31.2 Å². The number of esters is 1. The van der Waals surface area contributed by atoms with Gasteiger partial charge in [-0.05, 0) is 31.7 Å². The third kappa shape index (κ3) is 6.13. The minimum absolute atomic E-state index is 0.147. The van der Waals surface area contributed by atoms with Crippen LogP contribution >= 0.6 is 0 Å². The van der Waals surface area contributed by atoms with Crippen molar-refractivity contribution in [3.05, 3.63) is 60.2 Å². The van der Waals surface area contributed by atoms with Gasteiger partial charge in [-0.15, -0.1) is 0 Å². The monoisotopic (exact) mass is 593 g/mol. The van der Waals surface area contributed by atoms with Crippen molar-refractivity contribution in [1.29, 1.82) is 0 Å². The highest BCUT2D eigenvalue weighted by molar-refractivity contribution is 5.99. The number of likely N-dealkylation sites (tertiary alicyclic amines) is 1. The molecule has 232 valence electrons. The SMILES string of the molecule is CCCCCN1C/C=C\CCC(=O)NC[C@H](C)OC(=O)[C@@H]2[C@H]3C(=O)N([C@@H](CO)Cc4ccccc4)[C@H](C1=O)[C@]31C=C[C@H]2O1. The number of nitrogens with zero attached hydrogens (tertiary/aromatic N) is 2. The molecule has 7 atom stereocenters. The van der Waals surface area contributed by atoms with Crippen LogP contribution in [0.1, 0.15) is 51.5 Å². The number of ether oxygens (including phenoxy) is 2. The molecule has 0 unspecified atom stereocenters. The van der Waals surface area contributed by atoms with Crippen LogP contribution in [0.3, 0.4) is 0 Å². The molecule has 2 fully saturated rings. The average molecular weight is 594 g/mol. The van der Waals surface area contributed by atoms with Crippen LogP contribution in [0.25, 0.3) is 0 Å². The Balaban J connectivity index is 1.56. The van der Waals surface area contributed by atoms with Crippen LogP contribution in [0.15, 0.2) is 54.6 Å². The summed E-state index contributed by atoms with van der Waals surface area (Å²) in [5, 5.41) is 13.5. The number of nitrogens with one attached hydrogen (secondary N) is 1. The molecule has 2 saturated heterocycles. The Kier molecular flexibility index (Phi) is 9.66. The first-order valence-electron chi connectivity index (χ1n) is 15.6. The standard InChI is InChI=1S/C33H43N3O7/c1-3-4-10-17-35-18-11-6-9-14-26(38)34-20-22(2)42-32(41)27-25-15-16-33(43-25)28(27)30(39)36(29(33)31(35)40)24(21-37)19-23-12-7-5-8-13-23/h5-8,11-13,15-16,22,24-25,27-29,37H,3-4,9-10,14,17-21H2,1-2H3,(H,34,38)/b11-6-/t22-,24+,25+,27-,28-,29+,33-/m0/s1. The van der Waals surface area contributed by atoms with E-state index >= 15 is 0 Å². The maximum absolute atomic E-state index is 14.7. The summed E-state index contributed by atoms with van der Waals surface area (Å²) in [6.07, 6.45) is 9.79. The molecule has 5 rings (SSSR count). The number of hydrogen-bond acceptors (Lipinski definition) is 7. The second kappa shape index (κ2) is 13.4. The molecule has 4 aliphatic rings. The highest BCUT2D eigenvalue weighted by Gasteiger charge is 2.74. The molecule has 2 N–H and O–H groups in total. The number of rotatable bonds is 8. The molecular formula is C33H43N3O7. The number of amides is 3. The molecule has 1 aromatic carbocycles. The number of unbranched alkanes of at least 4 members (excludes halogenated alkanes) is 2. The van der Waals surface area contributed by atoms with E-state index in [-0.39, 0.29) is 31.4 Å². The highest BCUT2D eigenvalue weighted by atomic mass is 16.6. The normalized spacial score (nSPS) is 32.5. The van der Waals surface area contributed by atoms with E-state index in [2.05, 4.69) is 12.2 Å². The summed E-state index contributed by atoms with van der Waals surface area (Å²) >= 11 is 0. The molecule has 0 radical (unpaired) electrons. The second-order valence-electron chi connectivity index (χ2n) is 12.0. The number of fused-ring (bicyclic) bond motifs is 2. The van der Waals surface area contributed by atoms with Gasteiger partial charge in [-0.2, -0.15) is 0 Å². The average Bonchev–Trinajstić information content (AvgIpc) is 3.65. The Bertz CT molecular complexity index is 1250. The summed E-state index contributed by atoms with van der Waals surface area (Å²) in [5.41, 5.74) is -0.440. The molecule has 4 heterocycles. The zero-order chi connectivity index (χ0) is 30.6. The first-order valence-corrected chi connectivity index (χ1v) is 15.6. The van der Waals surface area contributed by atoms with E-state index in [9.17, 15) is 24.3 Å². The number of aliphatic hydroxyl groups excluding tert-OH is 1. The minimum Gasteiger partial charge on any atom is -0.460 e. The lowest BCUT2D eigenvalue weighted by Crippen LogP contribution is -2.59. The van der Waals surface area contributed by atoms with Gasteiger partial charge in [0.15, 0.2) is 0 Å². The van der Waals surface area contributed by atoms with Crippen LogP contribution in [-0.2, 0) is 35.1 Å². The first-order chi connectivity index (χ1) is 20.8. The summed E-state index contributed by atoms with van der Waals surface area (Å²) in [6, 6.07) is 7.77. The molecule has 43 heavy (non-hydrogen) atoms. The summed E-state index contributed by atoms with van der Waals surface area (Å²) in [5.74, 6) is -3.35. The minimum atomic E-state index is -1.36. The Morgan fingerprint density at radius 1 is 1.09 bits per heavy atom. The third-order valence-electron chi connectivity index (χ3n) is 9.01. The van der Waals surface area contributed by atoms with Gasteiger partial charge in [-0.3, -0.25) is 19.2 Å². The topological polar surface area (TPSA) is 125 Å². The van der Waals surface area contributed by atoms with Gasteiger partial charge in [-0.25, -0.2) is 0 Å². The molecule has 0 aliphatic carbocycles. The molecule has 10 nitrogen and oxygen atoms in total. The number of carbonyl (C=O) groups is 4. The number of carbonyl (C=O) groups excluding carboxylic acids is 4. The number of allylic oxidation sites excluding steroid dienone is 1. The van der Waals surface area contributed by atoms with Crippen molar-refractivity contribution < 1.29 is 33.8 Å². The van der Waals surface area contributed by atoms with E-state index < -0.39 is 53.6 Å². The predicted octanol–water partition coefficient (Wildman–Crippen LogP) is 2.16. The Labute approximate surface area is 253 Å². The highest BCUT2D eigenvalue weighted by Crippen LogP contribution is 2.56. The number of cyclic esters (lactones) is 1. The molecule has 3 amide bonds. The number of aliphatic hydroxyl groups is 1. The summed E-state index contributed by atoms with van der Waals surface area (Å²) in [7, 11) is 0. The van der Waals surface area contributed by atoms with Crippen molar-refractivity contribution in [2.45, 2.75) is 82.3 Å². The summed E-state index contributed by atoms with van der Waals surface area (Å²) in [6.45, 7) is 4.36. The fourth-order valence-corrected chi connectivity index (χ4v) is 6.90. The van der Waals surface area contributed by atoms with Gasteiger partial charge >= 0.3 is 5.97 Å². The van der Waals surface area contributed by atoms with Crippen LogP contribution in [0.2, 0.25) is 0 Å². The van der Waals surface area contributed by atoms with Crippen molar-refractivity contribution in [1.82, 2.24) is 15.1 Å². The molecule has 0 saturated carbocycles. The van der Waals surface area contributed by atoms with Crippen LogP contribution in [0.5, 0.6) is 0 Å². The summed E-state index contributed by atoms with van der Waals surface area (Å²) in [4.78, 5) is 58.3. The quantitative estimate of drug-likeness (QED) is 0.269. The smallest absolute Gasteiger partial charge is 0.313 e. The van der Waals surface area contributed by atoms with Gasteiger partial charge in [0.1, 0.15) is 23.7 Å². The van der Waals surface area contributed by atoms with E-state index in [1.165, 1.54) is 4.90 Å². The van der Waals surface area contributed by atoms with Crippen LogP contribution in [-0.4, -0.2) is 94.7 Å². The van der Waals surface area contributed by atoms with Crippen LogP contribution in [0, 0.1) is 11.8 Å². The maximum atomic E-state index is 14.7. The van der Waals surface area contributed by atoms with Crippen molar-refractivity contribution >= 4 is 23.7 Å². The van der Waals surface area contributed by atoms with E-state index in [0.29, 0.717) is 25.9 Å². The lowest BCUT2D eigenvalue weighted by molar-refractivity contribution is -0.159. The fraction of sp³-hybridized carbons (Fsp3) is 0.576. The van der Waals surface area contributed by atoms with Crippen molar-refractivity contribution in [3.8, 4) is 0 Å². The molecule has 10 heteroatoms. The van der Waals surface area contributed by atoms with E-state index in [0.717, 1.165) is 24.8 Å². The maximum Gasteiger partial charge on any atom is 0.313 e. The van der Waals surface area contributed by atoms with Crippen LogP contribution < -0.4 is 5.32 Å². The van der Waals surface area contributed by atoms with Crippen molar-refractivity contribution in [2.24, 2.45) is 11.8 Å². The predicted molar refractivity (Wildman–Crippen MR) is 158 cm³/mol. The molecule has 4 aliphatic heterocycles. The van der Waals surface area contributed by atoms with E-state index in [1.807, 2.05) is 42.5 Å². The van der Waals surface area contributed by atoms with Gasteiger partial charge in [-0.1, -0.05) is 74.4 Å². The molecule has 5 bridgehead atoms. The molecule has 1 aromatic rings. The second-order valence-corrected chi connectivity index (χ2v) is 12.0. The van der Waals surface area contributed by atoms with Crippen molar-refractivity contribution in [3.63, 3.8) is 0 Å². The Hall–Kier alpha value is -3.50. The lowest BCUT2D eigenvalue weighted by Gasteiger charge is -2.39. The Morgan fingerprint density at radius 3 is 2.63 bits per heavy atom. The lowest BCUT2D eigenvalue weighted by atomic mass is 9.74. The van der Waals surface area contributed by atoms with E-state index in [4.69, 9.17) is 9.47 Å². The van der Waals surface area contributed by atoms with Crippen LogP contribution in [0.4, 0.5) is 0 Å².